The van der Waals surface area contributed by atoms with E-state index < -0.39 is 16.0 Å². The number of thiophene rings is 1. The minimum absolute atomic E-state index is 0.0733. The van der Waals surface area contributed by atoms with Crippen LogP contribution in [-0.4, -0.2) is 46.5 Å². The summed E-state index contributed by atoms with van der Waals surface area (Å²) in [5, 5.41) is 4.08. The van der Waals surface area contributed by atoms with Gasteiger partial charge in [-0.25, -0.2) is 17.9 Å². The Morgan fingerprint density at radius 2 is 2.08 bits per heavy atom. The highest BCUT2D eigenvalue weighted by Crippen LogP contribution is 2.23. The van der Waals surface area contributed by atoms with Crippen LogP contribution in [0.5, 0.6) is 0 Å². The second-order valence-electron chi connectivity index (χ2n) is 5.78. The number of esters is 1. The SMILES string of the molecule is CCOC(=O)c1cc(Cl)cc(S(=O)(=O)NCC(c2ccsc2)N(C)C)c1. The summed E-state index contributed by atoms with van der Waals surface area (Å²) in [4.78, 5) is 13.7. The summed E-state index contributed by atoms with van der Waals surface area (Å²) in [6, 6.07) is 5.80. The molecule has 0 aliphatic heterocycles. The molecule has 1 heterocycles. The first-order valence-electron chi connectivity index (χ1n) is 7.90. The molecule has 0 saturated heterocycles. The second-order valence-corrected chi connectivity index (χ2v) is 8.77. The van der Waals surface area contributed by atoms with Crippen LogP contribution in [0, 0.1) is 0 Å². The highest BCUT2D eigenvalue weighted by Gasteiger charge is 2.22. The maximum atomic E-state index is 12.7. The van der Waals surface area contributed by atoms with Gasteiger partial charge in [0, 0.05) is 17.6 Å². The standard InChI is InChI=1S/C17H21ClN2O4S2/c1-4-24-17(21)13-7-14(18)9-15(8-13)26(22,23)19-10-16(20(2)3)12-5-6-25-11-12/h5-9,11,16,19H,4,10H2,1-3H3. The zero-order valence-electron chi connectivity index (χ0n) is 14.7. The molecule has 0 aliphatic rings. The van der Waals surface area contributed by atoms with Crippen LogP contribution in [0.4, 0.5) is 0 Å². The van der Waals surface area contributed by atoms with Gasteiger partial charge in [0.15, 0.2) is 0 Å². The largest absolute Gasteiger partial charge is 0.462 e. The normalized spacial score (nSPS) is 13.0. The van der Waals surface area contributed by atoms with Crippen LogP contribution in [0.15, 0.2) is 39.9 Å². The second kappa shape index (κ2) is 8.96. The Morgan fingerprint density at radius 3 is 2.65 bits per heavy atom. The lowest BCUT2D eigenvalue weighted by atomic mass is 10.1. The van der Waals surface area contributed by atoms with Gasteiger partial charge in [-0.05, 0) is 61.6 Å². The van der Waals surface area contributed by atoms with Crippen molar-refractivity contribution in [2.75, 3.05) is 27.2 Å². The van der Waals surface area contributed by atoms with Crippen LogP contribution in [-0.2, 0) is 14.8 Å². The molecule has 6 nitrogen and oxygen atoms in total. The van der Waals surface area contributed by atoms with Gasteiger partial charge in [0.25, 0.3) is 0 Å². The van der Waals surface area contributed by atoms with Crippen molar-refractivity contribution in [1.82, 2.24) is 9.62 Å². The van der Waals surface area contributed by atoms with Gasteiger partial charge >= 0.3 is 5.97 Å². The zero-order chi connectivity index (χ0) is 19.3. The maximum Gasteiger partial charge on any atom is 0.338 e. The third kappa shape index (κ3) is 5.28. The Balaban J connectivity index is 2.23. The van der Waals surface area contributed by atoms with E-state index in [0.717, 1.165) is 5.56 Å². The van der Waals surface area contributed by atoms with E-state index >= 15 is 0 Å². The number of carbonyl (C=O) groups excluding carboxylic acids is 1. The molecule has 0 saturated carbocycles. The van der Waals surface area contributed by atoms with E-state index in [1.807, 2.05) is 35.8 Å². The number of nitrogens with one attached hydrogen (secondary N) is 1. The molecule has 0 radical (unpaired) electrons. The molecule has 0 aliphatic carbocycles. The van der Waals surface area contributed by atoms with E-state index in [1.165, 1.54) is 18.2 Å². The number of sulfonamides is 1. The Kier molecular flexibility index (Phi) is 7.19. The number of hydrogen-bond acceptors (Lipinski definition) is 6. The molecule has 1 unspecified atom stereocenters. The number of nitrogens with zero attached hydrogens (tertiary/aromatic N) is 1. The molecule has 9 heteroatoms. The first kappa shape index (κ1) is 20.9. The number of rotatable bonds is 8. The summed E-state index contributed by atoms with van der Waals surface area (Å²) in [7, 11) is -0.0713. The molecule has 0 amide bonds. The van der Waals surface area contributed by atoms with Crippen molar-refractivity contribution in [2.24, 2.45) is 0 Å². The number of halogens is 1. The molecule has 1 N–H and O–H groups in total. The molecular weight excluding hydrogens is 396 g/mol. The molecule has 2 aromatic rings. The van der Waals surface area contributed by atoms with Gasteiger partial charge in [-0.2, -0.15) is 11.3 Å². The maximum absolute atomic E-state index is 12.7. The predicted molar refractivity (Wildman–Crippen MR) is 103 cm³/mol. The Hall–Kier alpha value is -1.45. The average molecular weight is 417 g/mol. The van der Waals surface area contributed by atoms with E-state index in [4.69, 9.17) is 16.3 Å². The van der Waals surface area contributed by atoms with Gasteiger partial charge in [0.05, 0.1) is 17.1 Å². The number of likely N-dealkylation sites (N-methyl/N-ethyl adjacent to an activating group) is 1. The molecule has 1 aromatic carbocycles. The summed E-state index contributed by atoms with van der Waals surface area (Å²) in [6.07, 6.45) is 0. The molecular formula is C17H21ClN2O4S2. The molecule has 26 heavy (non-hydrogen) atoms. The van der Waals surface area contributed by atoms with Gasteiger partial charge in [0.2, 0.25) is 10.0 Å². The van der Waals surface area contributed by atoms with Crippen LogP contribution in [0.3, 0.4) is 0 Å². The van der Waals surface area contributed by atoms with Crippen molar-refractivity contribution in [3.8, 4) is 0 Å². The zero-order valence-corrected chi connectivity index (χ0v) is 17.1. The monoisotopic (exact) mass is 416 g/mol. The quantitative estimate of drug-likeness (QED) is 0.669. The fourth-order valence-electron chi connectivity index (χ4n) is 2.39. The van der Waals surface area contributed by atoms with E-state index in [1.54, 1.807) is 18.3 Å². The van der Waals surface area contributed by atoms with Gasteiger partial charge < -0.3 is 9.64 Å². The van der Waals surface area contributed by atoms with Crippen molar-refractivity contribution in [2.45, 2.75) is 17.9 Å². The van der Waals surface area contributed by atoms with Crippen LogP contribution in [0.25, 0.3) is 0 Å². The summed E-state index contributed by atoms with van der Waals surface area (Å²) in [5.74, 6) is -0.615. The smallest absolute Gasteiger partial charge is 0.338 e. The van der Waals surface area contributed by atoms with Crippen molar-refractivity contribution in [3.63, 3.8) is 0 Å². The van der Waals surface area contributed by atoms with E-state index in [0.29, 0.717) is 0 Å². The molecule has 142 valence electrons. The summed E-state index contributed by atoms with van der Waals surface area (Å²) in [6.45, 7) is 2.05. The van der Waals surface area contributed by atoms with Crippen LogP contribution >= 0.6 is 22.9 Å². The summed E-state index contributed by atoms with van der Waals surface area (Å²) in [5.41, 5.74) is 1.13. The van der Waals surface area contributed by atoms with E-state index in [9.17, 15) is 13.2 Å². The predicted octanol–water partition coefficient (Wildman–Crippen LogP) is 3.16. The lowest BCUT2D eigenvalue weighted by Crippen LogP contribution is -2.34. The van der Waals surface area contributed by atoms with Gasteiger partial charge in [0.1, 0.15) is 0 Å². The molecule has 0 bridgehead atoms. The van der Waals surface area contributed by atoms with Crippen molar-refractivity contribution >= 4 is 38.9 Å². The molecule has 0 fully saturated rings. The number of carbonyl (C=O) groups is 1. The van der Waals surface area contributed by atoms with Crippen molar-refractivity contribution in [1.29, 1.82) is 0 Å². The first-order chi connectivity index (χ1) is 12.2. The third-order valence-corrected chi connectivity index (χ3v) is 6.03. The fraction of sp³-hybridized carbons (Fsp3) is 0.353. The number of hydrogen-bond donors (Lipinski definition) is 1. The molecule has 2 rings (SSSR count). The third-order valence-electron chi connectivity index (χ3n) is 3.71. The number of ether oxygens (including phenoxy) is 1. The summed E-state index contributed by atoms with van der Waals surface area (Å²) < 4.78 is 32.9. The summed E-state index contributed by atoms with van der Waals surface area (Å²) >= 11 is 7.54. The van der Waals surface area contributed by atoms with Crippen LogP contribution < -0.4 is 4.72 Å². The number of benzene rings is 1. The lowest BCUT2D eigenvalue weighted by Gasteiger charge is -2.24. The Morgan fingerprint density at radius 1 is 1.35 bits per heavy atom. The highest BCUT2D eigenvalue weighted by molar-refractivity contribution is 7.89. The van der Waals surface area contributed by atoms with Gasteiger partial charge in [-0.15, -0.1) is 0 Å². The van der Waals surface area contributed by atoms with Crippen LogP contribution in [0.2, 0.25) is 5.02 Å². The van der Waals surface area contributed by atoms with E-state index in [-0.39, 0.29) is 34.7 Å². The minimum atomic E-state index is -3.84. The minimum Gasteiger partial charge on any atom is -0.462 e. The first-order valence-corrected chi connectivity index (χ1v) is 10.7. The lowest BCUT2D eigenvalue weighted by molar-refractivity contribution is 0.0526. The fourth-order valence-corrected chi connectivity index (χ4v) is 4.50. The molecule has 1 atom stereocenters. The van der Waals surface area contributed by atoms with E-state index in [2.05, 4.69) is 4.72 Å². The molecule has 1 aromatic heterocycles. The topological polar surface area (TPSA) is 75.7 Å². The van der Waals surface area contributed by atoms with Gasteiger partial charge in [-0.3, -0.25) is 0 Å². The van der Waals surface area contributed by atoms with Crippen LogP contribution in [0.1, 0.15) is 28.9 Å². The Bertz CT molecular complexity index is 852. The Labute approximate surface area is 162 Å². The van der Waals surface area contributed by atoms with Crippen molar-refractivity contribution < 1.29 is 17.9 Å². The van der Waals surface area contributed by atoms with Gasteiger partial charge in [-0.1, -0.05) is 11.6 Å². The highest BCUT2D eigenvalue weighted by atomic mass is 35.5. The van der Waals surface area contributed by atoms with Crippen molar-refractivity contribution in [3.05, 3.63) is 51.2 Å². The average Bonchev–Trinajstić information content (AvgIpc) is 3.08. The molecule has 0 spiro atoms.